The van der Waals surface area contributed by atoms with E-state index in [9.17, 15) is 9.90 Å². The summed E-state index contributed by atoms with van der Waals surface area (Å²) in [4.78, 5) is 13.5. The highest BCUT2D eigenvalue weighted by molar-refractivity contribution is 5.70. The Kier molecular flexibility index (Phi) is 4.37. The molecule has 2 atom stereocenters. The molecule has 1 aliphatic rings. The summed E-state index contributed by atoms with van der Waals surface area (Å²) in [5.74, 6) is -0.964. The molecule has 1 fully saturated rings. The summed E-state index contributed by atoms with van der Waals surface area (Å²) in [5, 5.41) is 9.19. The number of rotatable bonds is 4. The van der Waals surface area contributed by atoms with E-state index >= 15 is 0 Å². The number of carboxylic acid groups (broad SMARTS) is 1. The Bertz CT molecular complexity index is 391. The molecule has 3 heteroatoms. The van der Waals surface area contributed by atoms with Gasteiger partial charge >= 0.3 is 5.97 Å². The average Bonchev–Trinajstić information content (AvgIpc) is 2.39. The smallest absolute Gasteiger partial charge is 0.307 e. The zero-order chi connectivity index (χ0) is 13.0. The molecule has 1 N–H and O–H groups in total. The first-order valence-electron chi connectivity index (χ1n) is 6.69. The standard InChI is InChI=1S/C15H21NO2/c1-12(15(17)18)14-9-5-6-10-16(14)11-13-7-3-2-4-8-13/h2-4,7-8,12,14H,5-6,9-11H2,1H3,(H,17,18). The summed E-state index contributed by atoms with van der Waals surface area (Å²) in [5.41, 5.74) is 1.27. The molecular formula is C15H21NO2. The van der Waals surface area contributed by atoms with Crippen LogP contribution in [0.1, 0.15) is 31.7 Å². The lowest BCUT2D eigenvalue weighted by atomic mass is 9.91. The summed E-state index contributed by atoms with van der Waals surface area (Å²) in [6, 6.07) is 10.5. The van der Waals surface area contributed by atoms with Crippen LogP contribution in [0.3, 0.4) is 0 Å². The first-order valence-corrected chi connectivity index (χ1v) is 6.69. The van der Waals surface area contributed by atoms with Gasteiger partial charge < -0.3 is 5.11 Å². The van der Waals surface area contributed by atoms with Crippen molar-refractivity contribution in [1.29, 1.82) is 0 Å². The number of likely N-dealkylation sites (tertiary alicyclic amines) is 1. The molecule has 0 amide bonds. The van der Waals surface area contributed by atoms with Crippen molar-refractivity contribution in [2.45, 2.75) is 38.8 Å². The number of hydrogen-bond donors (Lipinski definition) is 1. The molecule has 18 heavy (non-hydrogen) atoms. The van der Waals surface area contributed by atoms with E-state index in [1.807, 2.05) is 25.1 Å². The minimum Gasteiger partial charge on any atom is -0.481 e. The zero-order valence-corrected chi connectivity index (χ0v) is 10.9. The second kappa shape index (κ2) is 6.01. The van der Waals surface area contributed by atoms with E-state index in [0.717, 1.165) is 25.9 Å². The van der Waals surface area contributed by atoms with Gasteiger partial charge in [0, 0.05) is 12.6 Å². The Hall–Kier alpha value is -1.35. The number of benzene rings is 1. The van der Waals surface area contributed by atoms with Crippen LogP contribution in [0.25, 0.3) is 0 Å². The number of carboxylic acids is 1. The number of piperidine rings is 1. The first kappa shape index (κ1) is 13.1. The Morgan fingerprint density at radius 2 is 2.11 bits per heavy atom. The van der Waals surface area contributed by atoms with Gasteiger partial charge in [0.2, 0.25) is 0 Å². The Morgan fingerprint density at radius 1 is 1.39 bits per heavy atom. The van der Waals surface area contributed by atoms with Crippen molar-refractivity contribution in [1.82, 2.24) is 4.90 Å². The fourth-order valence-electron chi connectivity index (χ4n) is 2.76. The predicted octanol–water partition coefficient (Wildman–Crippen LogP) is 2.76. The molecule has 0 bridgehead atoms. The van der Waals surface area contributed by atoms with Gasteiger partial charge in [-0.1, -0.05) is 43.7 Å². The van der Waals surface area contributed by atoms with Crippen molar-refractivity contribution >= 4 is 5.97 Å². The van der Waals surface area contributed by atoms with Gasteiger partial charge in [-0.15, -0.1) is 0 Å². The molecule has 0 radical (unpaired) electrons. The maximum absolute atomic E-state index is 11.2. The third-order valence-electron chi connectivity index (χ3n) is 3.86. The van der Waals surface area contributed by atoms with Crippen molar-refractivity contribution in [3.63, 3.8) is 0 Å². The van der Waals surface area contributed by atoms with Crippen molar-refractivity contribution < 1.29 is 9.90 Å². The minimum atomic E-state index is -0.681. The van der Waals surface area contributed by atoms with Gasteiger partial charge in [0.05, 0.1) is 5.92 Å². The van der Waals surface area contributed by atoms with E-state index in [4.69, 9.17) is 0 Å². The molecule has 2 rings (SSSR count). The SMILES string of the molecule is CC(C(=O)O)C1CCCCN1Cc1ccccc1. The lowest BCUT2D eigenvalue weighted by Crippen LogP contribution is -2.45. The Balaban J connectivity index is 2.06. The monoisotopic (exact) mass is 247 g/mol. The van der Waals surface area contributed by atoms with Crippen molar-refractivity contribution in [2.75, 3.05) is 6.54 Å². The second-order valence-corrected chi connectivity index (χ2v) is 5.15. The molecule has 1 aromatic rings. The van der Waals surface area contributed by atoms with Gasteiger partial charge in [-0.25, -0.2) is 0 Å². The highest BCUT2D eigenvalue weighted by atomic mass is 16.4. The molecule has 98 valence electrons. The van der Waals surface area contributed by atoms with Gasteiger partial charge in [-0.05, 0) is 24.9 Å². The number of hydrogen-bond acceptors (Lipinski definition) is 2. The fourth-order valence-corrected chi connectivity index (χ4v) is 2.76. The normalized spacial score (nSPS) is 22.6. The van der Waals surface area contributed by atoms with E-state index in [1.54, 1.807) is 0 Å². The molecule has 1 saturated heterocycles. The largest absolute Gasteiger partial charge is 0.481 e. The maximum atomic E-state index is 11.2. The molecule has 1 aromatic carbocycles. The van der Waals surface area contributed by atoms with Crippen LogP contribution in [0.2, 0.25) is 0 Å². The third-order valence-corrected chi connectivity index (χ3v) is 3.86. The summed E-state index contributed by atoms with van der Waals surface area (Å²) in [6.45, 7) is 3.70. The van der Waals surface area contributed by atoms with E-state index in [2.05, 4.69) is 17.0 Å². The summed E-state index contributed by atoms with van der Waals surface area (Å²) < 4.78 is 0. The van der Waals surface area contributed by atoms with Gasteiger partial charge in [0.15, 0.2) is 0 Å². The highest BCUT2D eigenvalue weighted by Gasteiger charge is 2.31. The van der Waals surface area contributed by atoms with E-state index in [1.165, 1.54) is 12.0 Å². The van der Waals surface area contributed by atoms with Crippen LogP contribution >= 0.6 is 0 Å². The molecule has 2 unspecified atom stereocenters. The molecule has 0 aromatic heterocycles. The maximum Gasteiger partial charge on any atom is 0.307 e. The lowest BCUT2D eigenvalue weighted by Gasteiger charge is -2.37. The van der Waals surface area contributed by atoms with Crippen molar-refractivity contribution in [2.24, 2.45) is 5.92 Å². The average molecular weight is 247 g/mol. The topological polar surface area (TPSA) is 40.5 Å². The molecular weight excluding hydrogens is 226 g/mol. The molecule has 3 nitrogen and oxygen atoms in total. The fraction of sp³-hybridized carbons (Fsp3) is 0.533. The van der Waals surface area contributed by atoms with Crippen LogP contribution in [0, 0.1) is 5.92 Å². The van der Waals surface area contributed by atoms with Gasteiger partial charge in [-0.2, -0.15) is 0 Å². The van der Waals surface area contributed by atoms with Crippen LogP contribution in [0.5, 0.6) is 0 Å². The Morgan fingerprint density at radius 3 is 2.78 bits per heavy atom. The summed E-state index contributed by atoms with van der Waals surface area (Å²) >= 11 is 0. The van der Waals surface area contributed by atoms with E-state index in [-0.39, 0.29) is 12.0 Å². The van der Waals surface area contributed by atoms with Crippen molar-refractivity contribution in [3.8, 4) is 0 Å². The summed E-state index contributed by atoms with van der Waals surface area (Å²) in [6.07, 6.45) is 3.32. The Labute approximate surface area is 108 Å². The van der Waals surface area contributed by atoms with Crippen molar-refractivity contribution in [3.05, 3.63) is 35.9 Å². The third kappa shape index (κ3) is 3.10. The van der Waals surface area contributed by atoms with Crippen LogP contribution in [0.15, 0.2) is 30.3 Å². The molecule has 0 aliphatic carbocycles. The van der Waals surface area contributed by atoms with Gasteiger partial charge in [0.25, 0.3) is 0 Å². The lowest BCUT2D eigenvalue weighted by molar-refractivity contribution is -0.144. The van der Waals surface area contributed by atoms with E-state index < -0.39 is 5.97 Å². The molecule has 0 saturated carbocycles. The first-order chi connectivity index (χ1) is 8.68. The zero-order valence-electron chi connectivity index (χ0n) is 10.9. The second-order valence-electron chi connectivity index (χ2n) is 5.15. The van der Waals surface area contributed by atoms with Crippen LogP contribution in [-0.2, 0) is 11.3 Å². The molecule has 0 spiro atoms. The van der Waals surface area contributed by atoms with Crippen LogP contribution in [0.4, 0.5) is 0 Å². The molecule has 1 aliphatic heterocycles. The highest BCUT2D eigenvalue weighted by Crippen LogP contribution is 2.25. The van der Waals surface area contributed by atoms with Crippen LogP contribution < -0.4 is 0 Å². The van der Waals surface area contributed by atoms with Gasteiger partial charge in [-0.3, -0.25) is 9.69 Å². The van der Waals surface area contributed by atoms with Crippen LogP contribution in [-0.4, -0.2) is 28.6 Å². The number of carbonyl (C=O) groups is 1. The summed E-state index contributed by atoms with van der Waals surface area (Å²) in [7, 11) is 0. The number of aliphatic carboxylic acids is 1. The molecule has 1 heterocycles. The quantitative estimate of drug-likeness (QED) is 0.889. The van der Waals surface area contributed by atoms with Gasteiger partial charge in [0.1, 0.15) is 0 Å². The minimum absolute atomic E-state index is 0.177. The predicted molar refractivity (Wildman–Crippen MR) is 71.3 cm³/mol. The number of nitrogens with zero attached hydrogens (tertiary/aromatic N) is 1. The van der Waals surface area contributed by atoms with E-state index in [0.29, 0.717) is 0 Å².